The molecule has 1 N–H and O–H groups in total. The average molecular weight is 444 g/mol. The van der Waals surface area contributed by atoms with E-state index in [1.165, 1.54) is 11.6 Å². The first-order valence-electron chi connectivity index (χ1n) is 9.76. The highest BCUT2D eigenvalue weighted by Crippen LogP contribution is 2.23. The highest BCUT2D eigenvalue weighted by molar-refractivity contribution is 8.00. The molecule has 0 spiro atoms. The third kappa shape index (κ3) is 4.96. The van der Waals surface area contributed by atoms with Crippen molar-refractivity contribution in [2.45, 2.75) is 32.3 Å². The fraction of sp³-hybridized carbons (Fsp3) is 0.381. The number of hydrogen-bond acceptors (Lipinski definition) is 7. The van der Waals surface area contributed by atoms with Gasteiger partial charge in [0.05, 0.1) is 12.9 Å². The number of hydrogen-bond donors (Lipinski definition) is 1. The molecule has 0 aliphatic heterocycles. The summed E-state index contributed by atoms with van der Waals surface area (Å²) < 4.78 is 7.72. The summed E-state index contributed by atoms with van der Waals surface area (Å²) in [6.07, 6.45) is 0. The van der Waals surface area contributed by atoms with E-state index in [0.717, 1.165) is 16.3 Å². The summed E-state index contributed by atoms with van der Waals surface area (Å²) in [5, 5.41) is 3.42. The predicted octanol–water partition coefficient (Wildman–Crippen LogP) is 2.19. The van der Waals surface area contributed by atoms with Gasteiger partial charge in [-0.2, -0.15) is 0 Å². The normalized spacial score (nSPS) is 11.2. The summed E-state index contributed by atoms with van der Waals surface area (Å²) in [6, 6.07) is 7.04. The van der Waals surface area contributed by atoms with Crippen molar-refractivity contribution in [3.63, 3.8) is 0 Å². The van der Waals surface area contributed by atoms with E-state index in [1.807, 2.05) is 13.8 Å². The Kier molecular flexibility index (Phi) is 6.79. The Morgan fingerprint density at radius 2 is 2.00 bits per heavy atom. The van der Waals surface area contributed by atoms with Crippen molar-refractivity contribution in [2.24, 2.45) is 13.0 Å². The van der Waals surface area contributed by atoms with Crippen LogP contribution in [0.15, 0.2) is 38.9 Å². The monoisotopic (exact) mass is 443 g/mol. The zero-order chi connectivity index (χ0) is 22.7. The van der Waals surface area contributed by atoms with Crippen LogP contribution in [0.25, 0.3) is 11.0 Å². The van der Waals surface area contributed by atoms with Crippen LogP contribution in [-0.2, 0) is 18.4 Å². The van der Waals surface area contributed by atoms with Crippen molar-refractivity contribution in [3.05, 3.63) is 50.9 Å². The molecule has 3 aromatic rings. The fourth-order valence-electron chi connectivity index (χ4n) is 3.11. The number of thioether (sulfide) groups is 1. The van der Waals surface area contributed by atoms with E-state index in [9.17, 15) is 14.4 Å². The molecular formula is C21H25N5O4S. The minimum absolute atomic E-state index is 0.0369. The van der Waals surface area contributed by atoms with E-state index < -0.39 is 11.2 Å². The van der Waals surface area contributed by atoms with Crippen LogP contribution < -0.4 is 21.3 Å². The summed E-state index contributed by atoms with van der Waals surface area (Å²) in [6.45, 7) is 6.08. The van der Waals surface area contributed by atoms with E-state index in [1.54, 1.807) is 38.3 Å². The fourth-order valence-corrected chi connectivity index (χ4v) is 3.97. The Bertz CT molecular complexity index is 1250. The third-order valence-corrected chi connectivity index (χ3v) is 5.48. The molecule has 0 saturated heterocycles. The molecule has 0 bridgehead atoms. The van der Waals surface area contributed by atoms with Gasteiger partial charge in [-0.05, 0) is 25.0 Å². The second kappa shape index (κ2) is 9.34. The lowest BCUT2D eigenvalue weighted by atomic mass is 10.2. The molecule has 1 amide bonds. The van der Waals surface area contributed by atoms with Crippen LogP contribution in [0.5, 0.6) is 5.75 Å². The Balaban J connectivity index is 1.95. The smallest absolute Gasteiger partial charge is 0.332 e. The van der Waals surface area contributed by atoms with E-state index in [0.29, 0.717) is 34.5 Å². The number of methoxy groups -OCH3 is 1. The highest BCUT2D eigenvalue weighted by Gasteiger charge is 2.19. The number of fused-ring (bicyclic) bond motifs is 1. The lowest BCUT2D eigenvalue weighted by Crippen LogP contribution is -2.39. The number of amides is 1. The molecular weight excluding hydrogens is 418 g/mol. The van der Waals surface area contributed by atoms with Crippen molar-refractivity contribution in [1.82, 2.24) is 19.1 Å². The molecule has 164 valence electrons. The molecule has 0 fully saturated rings. The van der Waals surface area contributed by atoms with Gasteiger partial charge in [0, 0.05) is 25.3 Å². The molecule has 1 aromatic carbocycles. The van der Waals surface area contributed by atoms with E-state index in [2.05, 4.69) is 15.3 Å². The van der Waals surface area contributed by atoms with Crippen LogP contribution in [0.2, 0.25) is 0 Å². The Morgan fingerprint density at radius 1 is 1.26 bits per heavy atom. The summed E-state index contributed by atoms with van der Waals surface area (Å²) in [7, 11) is 2.99. The van der Waals surface area contributed by atoms with Gasteiger partial charge in [0.1, 0.15) is 22.0 Å². The number of anilines is 1. The summed E-state index contributed by atoms with van der Waals surface area (Å²) in [5.74, 6) is 1.02. The molecule has 0 unspecified atom stereocenters. The Morgan fingerprint density at radius 3 is 2.68 bits per heavy atom. The zero-order valence-electron chi connectivity index (χ0n) is 18.1. The number of rotatable bonds is 7. The largest absolute Gasteiger partial charge is 0.497 e. The SMILES string of the molecule is COc1cccc(NC(=O)CSc2nc(C)nc3c2c(=O)n(C)c(=O)n3CC(C)C)c1. The molecule has 0 atom stereocenters. The first-order valence-corrected chi connectivity index (χ1v) is 10.7. The van der Waals surface area contributed by atoms with Gasteiger partial charge in [-0.3, -0.25) is 18.7 Å². The quantitative estimate of drug-likeness (QED) is 0.440. The topological polar surface area (TPSA) is 108 Å². The molecule has 0 radical (unpaired) electrons. The average Bonchev–Trinajstić information content (AvgIpc) is 2.73. The molecule has 0 saturated carbocycles. The minimum atomic E-state index is -0.476. The van der Waals surface area contributed by atoms with Crippen LogP contribution in [0.3, 0.4) is 0 Å². The highest BCUT2D eigenvalue weighted by atomic mass is 32.2. The first kappa shape index (κ1) is 22.5. The molecule has 9 nitrogen and oxygen atoms in total. The first-order chi connectivity index (χ1) is 14.7. The number of carbonyl (C=O) groups excluding carboxylic acids is 1. The van der Waals surface area contributed by atoms with Gasteiger partial charge in [0.15, 0.2) is 5.65 Å². The Hall–Kier alpha value is -3.14. The standard InChI is InChI=1S/C21H25N5O4S/c1-12(2)10-26-18-17(20(28)25(4)21(26)29)19(23-13(3)22-18)31-11-16(27)24-14-7-6-8-15(9-14)30-5/h6-9,12H,10-11H2,1-5H3,(H,24,27). The molecule has 10 heteroatoms. The second-order valence-electron chi connectivity index (χ2n) is 7.49. The maximum atomic E-state index is 12.9. The van der Waals surface area contributed by atoms with Crippen LogP contribution >= 0.6 is 11.8 Å². The zero-order valence-corrected chi connectivity index (χ0v) is 18.9. The van der Waals surface area contributed by atoms with Crippen molar-refractivity contribution in [1.29, 1.82) is 0 Å². The molecule has 0 aliphatic carbocycles. The number of aromatic nitrogens is 4. The summed E-state index contributed by atoms with van der Waals surface area (Å²) in [4.78, 5) is 46.8. The van der Waals surface area contributed by atoms with Gasteiger partial charge in [0.25, 0.3) is 5.56 Å². The number of benzene rings is 1. The molecule has 31 heavy (non-hydrogen) atoms. The lowest BCUT2D eigenvalue weighted by molar-refractivity contribution is -0.113. The number of ether oxygens (including phenoxy) is 1. The number of nitrogens with one attached hydrogen (secondary N) is 1. The third-order valence-electron chi connectivity index (χ3n) is 4.50. The van der Waals surface area contributed by atoms with Gasteiger partial charge in [0.2, 0.25) is 5.91 Å². The van der Waals surface area contributed by atoms with Crippen molar-refractivity contribution in [2.75, 3.05) is 18.2 Å². The van der Waals surface area contributed by atoms with Crippen molar-refractivity contribution >= 4 is 34.4 Å². The van der Waals surface area contributed by atoms with Gasteiger partial charge < -0.3 is 10.1 Å². The maximum absolute atomic E-state index is 12.9. The Labute approximate surface area is 183 Å². The minimum Gasteiger partial charge on any atom is -0.497 e. The van der Waals surface area contributed by atoms with Crippen LogP contribution in [0.1, 0.15) is 19.7 Å². The number of nitrogens with zero attached hydrogens (tertiary/aromatic N) is 4. The van der Waals surface area contributed by atoms with Crippen LogP contribution in [0, 0.1) is 12.8 Å². The van der Waals surface area contributed by atoms with Crippen molar-refractivity contribution < 1.29 is 9.53 Å². The molecule has 2 aromatic heterocycles. The van der Waals surface area contributed by atoms with Gasteiger partial charge >= 0.3 is 5.69 Å². The lowest BCUT2D eigenvalue weighted by Gasteiger charge is -2.15. The predicted molar refractivity (Wildman–Crippen MR) is 121 cm³/mol. The molecule has 0 aliphatic rings. The van der Waals surface area contributed by atoms with Crippen LogP contribution in [0.4, 0.5) is 5.69 Å². The van der Waals surface area contributed by atoms with Gasteiger partial charge in [-0.25, -0.2) is 14.8 Å². The summed E-state index contributed by atoms with van der Waals surface area (Å²) in [5.41, 5.74) is 0.00657. The van der Waals surface area contributed by atoms with E-state index in [4.69, 9.17) is 4.74 Å². The number of carbonyl (C=O) groups is 1. The van der Waals surface area contributed by atoms with Crippen LogP contribution in [-0.4, -0.2) is 37.9 Å². The summed E-state index contributed by atoms with van der Waals surface area (Å²) >= 11 is 1.13. The van der Waals surface area contributed by atoms with Gasteiger partial charge in [-0.1, -0.05) is 31.7 Å². The van der Waals surface area contributed by atoms with E-state index in [-0.39, 0.29) is 23.0 Å². The van der Waals surface area contributed by atoms with E-state index >= 15 is 0 Å². The maximum Gasteiger partial charge on any atom is 0.332 e. The molecule has 3 rings (SSSR count). The molecule has 2 heterocycles. The van der Waals surface area contributed by atoms with Crippen molar-refractivity contribution in [3.8, 4) is 5.75 Å². The second-order valence-corrected chi connectivity index (χ2v) is 8.46. The van der Waals surface area contributed by atoms with Gasteiger partial charge in [-0.15, -0.1) is 0 Å². The number of aryl methyl sites for hydroxylation is 1.